The first-order chi connectivity index (χ1) is 13.7. The van der Waals surface area contributed by atoms with Gasteiger partial charge in [0.05, 0.1) is 17.2 Å². The first-order valence-electron chi connectivity index (χ1n) is 8.46. The summed E-state index contributed by atoms with van der Waals surface area (Å²) < 4.78 is 40.9. The van der Waals surface area contributed by atoms with Gasteiger partial charge in [-0.1, -0.05) is 6.07 Å². The molecule has 2 heterocycles. The lowest BCUT2D eigenvalue weighted by molar-refractivity contribution is -0.274. The summed E-state index contributed by atoms with van der Waals surface area (Å²) in [4.78, 5) is 21.9. The van der Waals surface area contributed by atoms with Gasteiger partial charge in [-0.25, -0.2) is 9.97 Å². The number of amides is 1. The molecule has 0 unspecified atom stereocenters. The van der Waals surface area contributed by atoms with Gasteiger partial charge >= 0.3 is 6.36 Å². The van der Waals surface area contributed by atoms with Crippen molar-refractivity contribution in [3.8, 4) is 27.7 Å². The predicted molar refractivity (Wildman–Crippen MR) is 101 cm³/mol. The minimum atomic E-state index is -4.78. The third-order valence-electron chi connectivity index (χ3n) is 3.74. The Morgan fingerprint density at radius 1 is 1.24 bits per heavy atom. The highest BCUT2D eigenvalue weighted by molar-refractivity contribution is 7.13. The minimum Gasteiger partial charge on any atom is -0.406 e. The van der Waals surface area contributed by atoms with Crippen LogP contribution in [-0.4, -0.2) is 40.0 Å². The number of carbonyl (C=O) groups is 1. The number of hydrogen-bond acceptors (Lipinski definition) is 6. The Hall–Kier alpha value is -2.98. The Balaban J connectivity index is 1.98. The highest BCUT2D eigenvalue weighted by Crippen LogP contribution is 2.28. The smallest absolute Gasteiger partial charge is 0.406 e. The maximum Gasteiger partial charge on any atom is 0.573 e. The van der Waals surface area contributed by atoms with E-state index in [4.69, 9.17) is 5.11 Å². The summed E-state index contributed by atoms with van der Waals surface area (Å²) in [5, 5.41) is 13.6. The number of aliphatic hydroxyl groups is 1. The van der Waals surface area contributed by atoms with Crippen LogP contribution in [0.2, 0.25) is 0 Å². The first kappa shape index (κ1) is 20.7. The van der Waals surface area contributed by atoms with Crippen molar-refractivity contribution in [2.24, 2.45) is 0 Å². The number of alkyl halides is 3. The van der Waals surface area contributed by atoms with Crippen LogP contribution in [0.4, 0.5) is 13.2 Å². The average molecular weight is 423 g/mol. The third-order valence-corrected chi connectivity index (χ3v) is 4.60. The van der Waals surface area contributed by atoms with Gasteiger partial charge in [0, 0.05) is 11.6 Å². The first-order valence-corrected chi connectivity index (χ1v) is 9.34. The molecule has 0 saturated carbocycles. The summed E-state index contributed by atoms with van der Waals surface area (Å²) in [6.07, 6.45) is -4.78. The van der Waals surface area contributed by atoms with Gasteiger partial charge < -0.3 is 15.2 Å². The molecule has 3 aromatic rings. The summed E-state index contributed by atoms with van der Waals surface area (Å²) in [5.41, 5.74) is 0.932. The van der Waals surface area contributed by atoms with Crippen molar-refractivity contribution in [3.05, 3.63) is 53.5 Å². The second kappa shape index (κ2) is 8.58. The number of benzene rings is 1. The van der Waals surface area contributed by atoms with Crippen LogP contribution in [0, 0.1) is 0 Å². The second-order valence-electron chi connectivity index (χ2n) is 6.07. The van der Waals surface area contributed by atoms with Gasteiger partial charge in [0.15, 0.2) is 5.82 Å². The number of aromatic nitrogens is 2. The maximum absolute atomic E-state index is 12.5. The lowest BCUT2D eigenvalue weighted by Crippen LogP contribution is -2.35. The monoisotopic (exact) mass is 423 g/mol. The van der Waals surface area contributed by atoms with Crippen molar-refractivity contribution in [2.45, 2.75) is 19.3 Å². The fraction of sp³-hybridized carbons (Fsp3) is 0.211. The number of thiophene rings is 1. The quantitative estimate of drug-likeness (QED) is 0.629. The summed E-state index contributed by atoms with van der Waals surface area (Å²) in [7, 11) is 0. The number of ether oxygens (including phenoxy) is 1. The van der Waals surface area contributed by atoms with E-state index in [-0.39, 0.29) is 18.1 Å². The zero-order valence-electron chi connectivity index (χ0n) is 15.1. The molecule has 1 amide bonds. The van der Waals surface area contributed by atoms with E-state index in [0.29, 0.717) is 17.1 Å². The predicted octanol–water partition coefficient (Wildman–Crippen LogP) is 3.88. The van der Waals surface area contributed by atoms with Crippen LogP contribution in [0.1, 0.15) is 17.4 Å². The highest BCUT2D eigenvalue weighted by Gasteiger charge is 2.31. The number of hydrogen-bond donors (Lipinski definition) is 2. The van der Waals surface area contributed by atoms with E-state index in [1.807, 2.05) is 11.4 Å². The van der Waals surface area contributed by atoms with Gasteiger partial charge in [-0.05, 0) is 48.7 Å². The van der Waals surface area contributed by atoms with Crippen molar-refractivity contribution in [1.29, 1.82) is 0 Å². The van der Waals surface area contributed by atoms with Crippen molar-refractivity contribution >= 4 is 17.2 Å². The molecule has 0 aliphatic heterocycles. The molecule has 0 radical (unpaired) electrons. The largest absolute Gasteiger partial charge is 0.573 e. The molecular formula is C19H16F3N3O3S. The van der Waals surface area contributed by atoms with Crippen molar-refractivity contribution in [2.75, 3.05) is 6.61 Å². The SMILES string of the molecule is C[C@@H](CO)NC(=O)c1cc(-c2ccc(OC(F)(F)F)cc2)nc(-c2cccs2)n1. The molecule has 2 aromatic heterocycles. The fourth-order valence-electron chi connectivity index (χ4n) is 2.40. The Bertz CT molecular complexity index is 977. The van der Waals surface area contributed by atoms with Gasteiger partial charge in [0.25, 0.3) is 5.91 Å². The Kier molecular flexibility index (Phi) is 6.14. The number of nitrogens with zero attached hydrogens (tertiary/aromatic N) is 2. The Labute approximate surface area is 168 Å². The van der Waals surface area contributed by atoms with Gasteiger partial charge in [-0.2, -0.15) is 0 Å². The average Bonchev–Trinajstić information content (AvgIpc) is 3.21. The maximum atomic E-state index is 12.5. The summed E-state index contributed by atoms with van der Waals surface area (Å²) >= 11 is 1.39. The highest BCUT2D eigenvalue weighted by atomic mass is 32.1. The molecule has 0 spiro atoms. The molecule has 0 saturated heterocycles. The van der Waals surface area contributed by atoms with Crippen LogP contribution in [0.5, 0.6) is 5.75 Å². The molecule has 10 heteroatoms. The normalized spacial score (nSPS) is 12.4. The van der Waals surface area contributed by atoms with Crippen molar-refractivity contribution < 1.29 is 27.8 Å². The van der Waals surface area contributed by atoms with Crippen molar-refractivity contribution in [3.63, 3.8) is 0 Å². The van der Waals surface area contributed by atoms with Gasteiger partial charge in [0.2, 0.25) is 0 Å². The zero-order valence-corrected chi connectivity index (χ0v) is 15.9. The van der Waals surface area contributed by atoms with Gasteiger partial charge in [-0.15, -0.1) is 24.5 Å². The minimum absolute atomic E-state index is 0.0781. The molecule has 29 heavy (non-hydrogen) atoms. The number of carbonyl (C=O) groups excluding carboxylic acids is 1. The second-order valence-corrected chi connectivity index (χ2v) is 7.02. The van der Waals surface area contributed by atoms with E-state index in [9.17, 15) is 18.0 Å². The van der Waals surface area contributed by atoms with Crippen LogP contribution >= 0.6 is 11.3 Å². The van der Waals surface area contributed by atoms with Crippen LogP contribution in [-0.2, 0) is 0 Å². The summed E-state index contributed by atoms with van der Waals surface area (Å²) in [5.74, 6) is -0.538. The lowest BCUT2D eigenvalue weighted by Gasteiger charge is -2.12. The van der Waals surface area contributed by atoms with Gasteiger partial charge in [0.1, 0.15) is 11.4 Å². The number of halogens is 3. The standard InChI is InChI=1S/C19H16F3N3O3S/c1-11(10-26)23-18(27)15-9-14(24-17(25-15)16-3-2-8-29-16)12-4-6-13(7-5-12)28-19(20,21)22/h2-9,11,26H,10H2,1H3,(H,23,27)/t11-/m0/s1. The molecule has 1 aromatic carbocycles. The molecule has 2 N–H and O–H groups in total. The van der Waals surface area contributed by atoms with E-state index in [1.165, 1.54) is 41.7 Å². The number of nitrogens with one attached hydrogen (secondary N) is 1. The van der Waals surface area contributed by atoms with Crippen LogP contribution in [0.15, 0.2) is 47.8 Å². The topological polar surface area (TPSA) is 84.3 Å². The summed E-state index contributed by atoms with van der Waals surface area (Å²) in [6, 6.07) is 9.75. The van der Waals surface area contributed by atoms with Crippen LogP contribution < -0.4 is 10.1 Å². The zero-order chi connectivity index (χ0) is 21.0. The van der Waals surface area contributed by atoms with Crippen LogP contribution in [0.3, 0.4) is 0 Å². The molecular weight excluding hydrogens is 407 g/mol. The number of rotatable bonds is 6. The Morgan fingerprint density at radius 3 is 2.55 bits per heavy atom. The molecule has 1 atom stereocenters. The lowest BCUT2D eigenvalue weighted by atomic mass is 10.1. The number of aliphatic hydroxyl groups excluding tert-OH is 1. The van der Waals surface area contributed by atoms with E-state index in [2.05, 4.69) is 20.0 Å². The molecule has 0 aliphatic carbocycles. The Morgan fingerprint density at radius 2 is 1.97 bits per heavy atom. The van der Waals surface area contributed by atoms with E-state index >= 15 is 0 Å². The third kappa shape index (κ3) is 5.52. The molecule has 3 rings (SSSR count). The van der Waals surface area contributed by atoms with Gasteiger partial charge in [-0.3, -0.25) is 4.79 Å². The van der Waals surface area contributed by atoms with Crippen molar-refractivity contribution in [1.82, 2.24) is 15.3 Å². The molecule has 0 aliphatic rings. The summed E-state index contributed by atoms with van der Waals surface area (Å²) in [6.45, 7) is 1.40. The van der Waals surface area contributed by atoms with Crippen LogP contribution in [0.25, 0.3) is 22.0 Å². The molecule has 152 valence electrons. The molecule has 0 bridgehead atoms. The molecule has 6 nitrogen and oxygen atoms in total. The van der Waals surface area contributed by atoms with E-state index in [1.54, 1.807) is 13.0 Å². The van der Waals surface area contributed by atoms with E-state index in [0.717, 1.165) is 4.88 Å². The van der Waals surface area contributed by atoms with E-state index < -0.39 is 18.3 Å². The fourth-order valence-corrected chi connectivity index (χ4v) is 3.06. The molecule has 0 fully saturated rings.